The second kappa shape index (κ2) is 4.31. The molecule has 0 spiro atoms. The van der Waals surface area contributed by atoms with Crippen molar-refractivity contribution in [3.8, 4) is 0 Å². The molecule has 2 aromatic rings. The van der Waals surface area contributed by atoms with Crippen LogP contribution in [0, 0.1) is 6.92 Å². The molecule has 0 bridgehead atoms. The first kappa shape index (κ1) is 10.6. The number of aromatic nitrogens is 1. The van der Waals surface area contributed by atoms with Gasteiger partial charge in [-0.1, -0.05) is 18.2 Å². The fraction of sp³-hybridized carbons (Fsp3) is 0.231. The van der Waals surface area contributed by atoms with Crippen molar-refractivity contribution < 1.29 is 9.53 Å². The minimum Gasteiger partial charge on any atom is -0.461 e. The molecule has 0 saturated heterocycles. The smallest absolute Gasteiger partial charge is 0.356 e. The summed E-state index contributed by atoms with van der Waals surface area (Å²) in [5, 5.41) is 1.07. The second-order valence-electron chi connectivity index (χ2n) is 3.56. The molecule has 82 valence electrons. The molecular weight excluding hydrogens is 202 g/mol. The Balaban J connectivity index is 2.53. The topological polar surface area (TPSA) is 39.2 Å². The fourth-order valence-corrected chi connectivity index (χ4v) is 1.66. The lowest BCUT2D eigenvalue weighted by Gasteiger charge is -2.05. The highest BCUT2D eigenvalue weighted by Crippen LogP contribution is 2.17. The first-order valence-electron chi connectivity index (χ1n) is 5.26. The van der Waals surface area contributed by atoms with E-state index in [1.54, 1.807) is 13.0 Å². The Kier molecular flexibility index (Phi) is 2.86. The number of rotatable bonds is 2. The summed E-state index contributed by atoms with van der Waals surface area (Å²) in [6.07, 6.45) is 0. The number of fused-ring (bicyclic) bond motifs is 1. The number of carbonyl (C=O) groups is 1. The number of aryl methyl sites for hydroxylation is 1. The number of esters is 1. The van der Waals surface area contributed by atoms with Gasteiger partial charge in [-0.15, -0.1) is 0 Å². The molecule has 0 aliphatic carbocycles. The first-order valence-corrected chi connectivity index (χ1v) is 5.26. The lowest BCUT2D eigenvalue weighted by molar-refractivity contribution is 0.0520. The number of ether oxygens (including phenoxy) is 1. The quantitative estimate of drug-likeness (QED) is 0.723. The highest BCUT2D eigenvalue weighted by atomic mass is 16.5. The molecule has 0 radical (unpaired) electrons. The number of hydrogen-bond acceptors (Lipinski definition) is 3. The summed E-state index contributed by atoms with van der Waals surface area (Å²) in [6, 6.07) is 9.52. The molecular formula is C13H13NO2. The van der Waals surface area contributed by atoms with Crippen molar-refractivity contribution in [3.63, 3.8) is 0 Å². The molecule has 0 fully saturated rings. The molecule has 0 saturated carbocycles. The van der Waals surface area contributed by atoms with Crippen molar-refractivity contribution in [3.05, 3.63) is 41.6 Å². The molecule has 16 heavy (non-hydrogen) atoms. The summed E-state index contributed by atoms with van der Waals surface area (Å²) < 4.78 is 4.93. The summed E-state index contributed by atoms with van der Waals surface area (Å²) in [6.45, 7) is 4.12. The van der Waals surface area contributed by atoms with E-state index in [1.165, 1.54) is 0 Å². The van der Waals surface area contributed by atoms with Crippen LogP contribution in [0.15, 0.2) is 30.3 Å². The van der Waals surface area contributed by atoms with Crippen LogP contribution < -0.4 is 0 Å². The zero-order valence-corrected chi connectivity index (χ0v) is 9.36. The molecule has 3 heteroatoms. The van der Waals surface area contributed by atoms with E-state index in [9.17, 15) is 4.79 Å². The van der Waals surface area contributed by atoms with E-state index in [0.29, 0.717) is 12.3 Å². The highest BCUT2D eigenvalue weighted by Gasteiger charge is 2.10. The third kappa shape index (κ3) is 1.89. The predicted octanol–water partition coefficient (Wildman–Crippen LogP) is 2.72. The predicted molar refractivity (Wildman–Crippen MR) is 62.4 cm³/mol. The van der Waals surface area contributed by atoms with E-state index in [1.807, 2.05) is 31.2 Å². The van der Waals surface area contributed by atoms with Crippen LogP contribution in [0.3, 0.4) is 0 Å². The maximum absolute atomic E-state index is 11.6. The van der Waals surface area contributed by atoms with Crippen LogP contribution in [0.5, 0.6) is 0 Å². The van der Waals surface area contributed by atoms with Gasteiger partial charge in [0.15, 0.2) is 0 Å². The summed E-state index contributed by atoms with van der Waals surface area (Å²) >= 11 is 0. The van der Waals surface area contributed by atoms with Crippen molar-refractivity contribution in [2.45, 2.75) is 13.8 Å². The third-order valence-corrected chi connectivity index (χ3v) is 2.41. The minimum atomic E-state index is -0.364. The Hall–Kier alpha value is -1.90. The molecule has 0 amide bonds. The van der Waals surface area contributed by atoms with Gasteiger partial charge in [0.1, 0.15) is 5.69 Å². The van der Waals surface area contributed by atoms with Gasteiger partial charge in [-0.2, -0.15) is 0 Å². The Morgan fingerprint density at radius 2 is 2.12 bits per heavy atom. The zero-order chi connectivity index (χ0) is 11.5. The summed E-state index contributed by atoms with van der Waals surface area (Å²) in [5.41, 5.74) is 2.23. The van der Waals surface area contributed by atoms with Crippen LogP contribution in [0.2, 0.25) is 0 Å². The molecule has 2 rings (SSSR count). The molecule has 0 N–H and O–H groups in total. The van der Waals surface area contributed by atoms with Gasteiger partial charge in [0.2, 0.25) is 0 Å². The maximum Gasteiger partial charge on any atom is 0.356 e. The van der Waals surface area contributed by atoms with Gasteiger partial charge >= 0.3 is 5.97 Å². The van der Waals surface area contributed by atoms with E-state index in [0.717, 1.165) is 16.5 Å². The standard InChI is InChI=1S/C13H13NO2/c1-3-16-13(15)12-8-9(2)10-6-4-5-7-11(10)14-12/h4-8H,3H2,1-2H3. The van der Waals surface area contributed by atoms with Crippen molar-refractivity contribution in [2.75, 3.05) is 6.61 Å². The number of para-hydroxylation sites is 1. The Bertz CT molecular complexity index is 534. The van der Waals surface area contributed by atoms with Gasteiger partial charge < -0.3 is 4.74 Å². The lowest BCUT2D eigenvalue weighted by Crippen LogP contribution is -2.07. The molecule has 0 aliphatic rings. The van der Waals surface area contributed by atoms with Gasteiger partial charge in [0, 0.05) is 5.39 Å². The van der Waals surface area contributed by atoms with Crippen LogP contribution in [0.4, 0.5) is 0 Å². The fourth-order valence-electron chi connectivity index (χ4n) is 1.66. The normalized spacial score (nSPS) is 10.4. The minimum absolute atomic E-state index is 0.364. The van der Waals surface area contributed by atoms with Crippen LogP contribution in [0.1, 0.15) is 23.0 Å². The number of carbonyl (C=O) groups excluding carboxylic acids is 1. The Morgan fingerprint density at radius 1 is 1.38 bits per heavy atom. The monoisotopic (exact) mass is 215 g/mol. The average Bonchev–Trinajstić information content (AvgIpc) is 2.29. The summed E-state index contributed by atoms with van der Waals surface area (Å²) in [5.74, 6) is -0.364. The highest BCUT2D eigenvalue weighted by molar-refractivity contribution is 5.92. The van der Waals surface area contributed by atoms with Crippen molar-refractivity contribution >= 4 is 16.9 Å². The van der Waals surface area contributed by atoms with Crippen molar-refractivity contribution in [1.82, 2.24) is 4.98 Å². The van der Waals surface area contributed by atoms with Crippen LogP contribution in [0.25, 0.3) is 10.9 Å². The van der Waals surface area contributed by atoms with Crippen molar-refractivity contribution in [2.24, 2.45) is 0 Å². The van der Waals surface area contributed by atoms with Gasteiger partial charge in [-0.3, -0.25) is 0 Å². The number of pyridine rings is 1. The molecule has 0 unspecified atom stereocenters. The largest absolute Gasteiger partial charge is 0.461 e. The molecule has 1 aromatic carbocycles. The molecule has 1 aromatic heterocycles. The van der Waals surface area contributed by atoms with E-state index in [4.69, 9.17) is 4.74 Å². The first-order chi connectivity index (χ1) is 7.72. The summed E-state index contributed by atoms with van der Waals surface area (Å²) in [7, 11) is 0. The zero-order valence-electron chi connectivity index (χ0n) is 9.36. The Morgan fingerprint density at radius 3 is 2.88 bits per heavy atom. The Labute approximate surface area is 94.1 Å². The molecule has 0 aliphatic heterocycles. The van der Waals surface area contributed by atoms with Gasteiger partial charge in [-0.05, 0) is 31.5 Å². The van der Waals surface area contributed by atoms with Crippen molar-refractivity contribution in [1.29, 1.82) is 0 Å². The van der Waals surface area contributed by atoms with E-state index in [2.05, 4.69) is 4.98 Å². The number of hydrogen-bond donors (Lipinski definition) is 0. The lowest BCUT2D eigenvalue weighted by atomic mass is 10.1. The van der Waals surface area contributed by atoms with E-state index >= 15 is 0 Å². The average molecular weight is 215 g/mol. The molecule has 1 heterocycles. The second-order valence-corrected chi connectivity index (χ2v) is 3.56. The van der Waals surface area contributed by atoms with Gasteiger partial charge in [0.05, 0.1) is 12.1 Å². The number of benzene rings is 1. The van der Waals surface area contributed by atoms with Crippen LogP contribution in [-0.2, 0) is 4.74 Å². The SMILES string of the molecule is CCOC(=O)c1cc(C)c2ccccc2n1. The van der Waals surface area contributed by atoms with Crippen LogP contribution in [-0.4, -0.2) is 17.6 Å². The van der Waals surface area contributed by atoms with E-state index in [-0.39, 0.29) is 5.97 Å². The molecule has 0 atom stereocenters. The van der Waals surface area contributed by atoms with E-state index < -0.39 is 0 Å². The van der Waals surface area contributed by atoms with Gasteiger partial charge in [0.25, 0.3) is 0 Å². The third-order valence-electron chi connectivity index (χ3n) is 2.41. The summed E-state index contributed by atoms with van der Waals surface area (Å²) in [4.78, 5) is 15.8. The van der Waals surface area contributed by atoms with Crippen LogP contribution >= 0.6 is 0 Å². The molecule has 3 nitrogen and oxygen atoms in total. The maximum atomic E-state index is 11.6. The van der Waals surface area contributed by atoms with Gasteiger partial charge in [-0.25, -0.2) is 9.78 Å². The number of nitrogens with zero attached hydrogens (tertiary/aromatic N) is 1.